The number of nitrogens with two attached hydrogens (primary N) is 1. The number of nitrogens with one attached hydrogen (secondary N) is 3. The highest BCUT2D eigenvalue weighted by Gasteiger charge is 2.41. The Bertz CT molecular complexity index is 833. The zero-order chi connectivity index (χ0) is 27.0. The van der Waals surface area contributed by atoms with E-state index in [0.29, 0.717) is 6.42 Å². The predicted octanol–water partition coefficient (Wildman–Crippen LogP) is -3.90. The third-order valence-electron chi connectivity index (χ3n) is 5.41. The summed E-state index contributed by atoms with van der Waals surface area (Å²) in [5.41, 5.74) is 5.46. The van der Waals surface area contributed by atoms with Crippen molar-refractivity contribution in [3.8, 4) is 0 Å². The van der Waals surface area contributed by atoms with Crippen molar-refractivity contribution in [2.24, 2.45) is 5.73 Å². The zero-order valence-electron chi connectivity index (χ0n) is 19.6. The van der Waals surface area contributed by atoms with Crippen LogP contribution in [0.1, 0.15) is 40.0 Å². The Morgan fingerprint density at radius 1 is 0.914 bits per heavy atom. The topological polar surface area (TPSA) is 249 Å². The summed E-state index contributed by atoms with van der Waals surface area (Å²) in [6, 6.07) is -6.93. The van der Waals surface area contributed by atoms with Crippen LogP contribution < -0.4 is 21.7 Å². The van der Waals surface area contributed by atoms with Gasteiger partial charge in [0.1, 0.15) is 24.2 Å². The average molecular weight is 504 g/mol. The lowest BCUT2D eigenvalue weighted by Crippen LogP contribution is -2.62. The van der Waals surface area contributed by atoms with Crippen molar-refractivity contribution in [3.05, 3.63) is 0 Å². The first kappa shape index (κ1) is 29.7. The molecular weight excluding hydrogens is 470 g/mol. The number of aliphatic hydroxyl groups excluding tert-OH is 2. The summed E-state index contributed by atoms with van der Waals surface area (Å²) in [5.74, 6) is -6.24. The van der Waals surface area contributed by atoms with Gasteiger partial charge in [0, 0.05) is 6.54 Å². The van der Waals surface area contributed by atoms with Gasteiger partial charge in [0.2, 0.25) is 23.6 Å². The van der Waals surface area contributed by atoms with E-state index in [2.05, 4.69) is 16.0 Å². The SMILES string of the molecule is C[C@H](NC(=O)[C@@H]1CCCN1C(=O)[C@@H](NC(=O)[C@@H](NC(=O)[C@@H](N)CC(=O)O)[C@@H](C)O)[C@@H](C)O)C(=O)O. The van der Waals surface area contributed by atoms with E-state index in [1.54, 1.807) is 0 Å². The smallest absolute Gasteiger partial charge is 0.325 e. The number of hydrogen-bond acceptors (Lipinski definition) is 9. The number of aliphatic hydroxyl groups is 2. The highest BCUT2D eigenvalue weighted by molar-refractivity contribution is 5.96. The quantitative estimate of drug-likeness (QED) is 0.128. The van der Waals surface area contributed by atoms with E-state index in [-0.39, 0.29) is 13.0 Å². The summed E-state index contributed by atoms with van der Waals surface area (Å²) in [5, 5.41) is 44.5. The van der Waals surface area contributed by atoms with Crippen LogP contribution in [-0.2, 0) is 28.8 Å². The molecule has 0 aromatic rings. The zero-order valence-corrected chi connectivity index (χ0v) is 19.6. The Morgan fingerprint density at radius 2 is 1.46 bits per heavy atom. The normalized spacial score (nSPS) is 20.5. The number of nitrogens with zero attached hydrogens (tertiary/aromatic N) is 1. The molecular formula is C20H33N5O10. The molecule has 15 heteroatoms. The number of likely N-dealkylation sites (tertiary alicyclic amines) is 1. The number of aliphatic carboxylic acids is 2. The van der Waals surface area contributed by atoms with Crippen LogP contribution in [0.4, 0.5) is 0 Å². The third-order valence-corrected chi connectivity index (χ3v) is 5.41. The van der Waals surface area contributed by atoms with Gasteiger partial charge in [-0.25, -0.2) is 0 Å². The molecule has 4 amide bonds. The minimum Gasteiger partial charge on any atom is -0.481 e. The number of carbonyl (C=O) groups is 6. The second-order valence-corrected chi connectivity index (χ2v) is 8.42. The van der Waals surface area contributed by atoms with Crippen LogP contribution >= 0.6 is 0 Å². The molecule has 0 unspecified atom stereocenters. The predicted molar refractivity (Wildman–Crippen MR) is 117 cm³/mol. The van der Waals surface area contributed by atoms with Crippen LogP contribution in [0.5, 0.6) is 0 Å². The van der Waals surface area contributed by atoms with E-state index < -0.39 is 84.4 Å². The van der Waals surface area contributed by atoms with E-state index in [9.17, 15) is 39.0 Å². The summed E-state index contributed by atoms with van der Waals surface area (Å²) in [6.07, 6.45) is -3.01. The molecule has 35 heavy (non-hydrogen) atoms. The molecule has 0 aromatic carbocycles. The molecule has 9 N–H and O–H groups in total. The summed E-state index contributed by atoms with van der Waals surface area (Å²) in [7, 11) is 0. The number of carboxylic acids is 2. The molecule has 1 fully saturated rings. The standard InChI is InChI=1S/C20H33N5O10/c1-8(20(34)35)22-17(31)12-5-4-6-25(12)19(33)15(10(3)27)24-18(32)14(9(2)26)23-16(30)11(21)7-13(28)29/h8-12,14-15,26-27H,4-7,21H2,1-3H3,(H,22,31)(H,23,30)(H,24,32)(H,28,29)(H,34,35)/t8-,9+,10+,11-,12-,14-,15-/m0/s1. The third kappa shape index (κ3) is 8.45. The van der Waals surface area contributed by atoms with Crippen molar-refractivity contribution in [2.75, 3.05) is 6.54 Å². The Balaban J connectivity index is 2.98. The van der Waals surface area contributed by atoms with Crippen LogP contribution in [0.15, 0.2) is 0 Å². The largest absolute Gasteiger partial charge is 0.481 e. The molecule has 0 bridgehead atoms. The van der Waals surface area contributed by atoms with Gasteiger partial charge >= 0.3 is 11.9 Å². The van der Waals surface area contributed by atoms with Gasteiger partial charge in [-0.2, -0.15) is 0 Å². The summed E-state index contributed by atoms with van der Waals surface area (Å²) >= 11 is 0. The first-order valence-electron chi connectivity index (χ1n) is 10.9. The lowest BCUT2D eigenvalue weighted by molar-refractivity contribution is -0.146. The van der Waals surface area contributed by atoms with Crippen molar-refractivity contribution >= 4 is 35.6 Å². The van der Waals surface area contributed by atoms with Crippen LogP contribution in [-0.4, -0.2) is 110 Å². The fourth-order valence-electron chi connectivity index (χ4n) is 3.43. The Hall–Kier alpha value is -3.30. The summed E-state index contributed by atoms with van der Waals surface area (Å²) < 4.78 is 0. The molecule has 198 valence electrons. The van der Waals surface area contributed by atoms with Gasteiger partial charge in [-0.1, -0.05) is 0 Å². The molecule has 1 rings (SSSR count). The van der Waals surface area contributed by atoms with Crippen molar-refractivity contribution in [1.82, 2.24) is 20.9 Å². The highest BCUT2D eigenvalue weighted by Crippen LogP contribution is 2.20. The minimum atomic E-state index is -1.63. The first-order chi connectivity index (χ1) is 16.2. The molecule has 1 aliphatic heterocycles. The number of hydrogen-bond donors (Lipinski definition) is 8. The highest BCUT2D eigenvalue weighted by atomic mass is 16.4. The second kappa shape index (κ2) is 13.0. The minimum absolute atomic E-state index is 0.109. The molecule has 0 spiro atoms. The maximum absolute atomic E-state index is 13.1. The maximum atomic E-state index is 13.1. The Labute approximate surface area is 201 Å². The van der Waals surface area contributed by atoms with Crippen LogP contribution in [0.25, 0.3) is 0 Å². The van der Waals surface area contributed by atoms with Crippen molar-refractivity contribution in [1.29, 1.82) is 0 Å². The lowest BCUT2D eigenvalue weighted by atomic mass is 10.1. The van der Waals surface area contributed by atoms with Crippen molar-refractivity contribution in [2.45, 2.75) is 82.5 Å². The van der Waals surface area contributed by atoms with Crippen LogP contribution in [0.3, 0.4) is 0 Å². The molecule has 1 heterocycles. The molecule has 1 aliphatic rings. The fourth-order valence-corrected chi connectivity index (χ4v) is 3.43. The molecule has 0 saturated carbocycles. The number of carboxylic acid groups (broad SMARTS) is 2. The number of amides is 4. The van der Waals surface area contributed by atoms with E-state index in [0.717, 1.165) is 11.8 Å². The molecule has 0 aromatic heterocycles. The van der Waals surface area contributed by atoms with E-state index >= 15 is 0 Å². The molecule has 0 radical (unpaired) electrons. The number of rotatable bonds is 12. The molecule has 0 aliphatic carbocycles. The van der Waals surface area contributed by atoms with E-state index in [1.165, 1.54) is 13.8 Å². The van der Waals surface area contributed by atoms with Gasteiger partial charge in [0.15, 0.2) is 0 Å². The van der Waals surface area contributed by atoms with Gasteiger partial charge < -0.3 is 47.0 Å². The maximum Gasteiger partial charge on any atom is 0.325 e. The van der Waals surface area contributed by atoms with Gasteiger partial charge in [-0.3, -0.25) is 28.8 Å². The van der Waals surface area contributed by atoms with Crippen LogP contribution in [0.2, 0.25) is 0 Å². The van der Waals surface area contributed by atoms with E-state index in [1.807, 2.05) is 0 Å². The monoisotopic (exact) mass is 503 g/mol. The van der Waals surface area contributed by atoms with Crippen molar-refractivity contribution in [3.63, 3.8) is 0 Å². The molecule has 7 atom stereocenters. The van der Waals surface area contributed by atoms with E-state index in [4.69, 9.17) is 15.9 Å². The molecule has 15 nitrogen and oxygen atoms in total. The average Bonchev–Trinajstić information content (AvgIpc) is 3.23. The Kier molecular flexibility index (Phi) is 11.0. The second-order valence-electron chi connectivity index (χ2n) is 8.42. The van der Waals surface area contributed by atoms with Gasteiger partial charge in [-0.15, -0.1) is 0 Å². The lowest BCUT2D eigenvalue weighted by Gasteiger charge is -2.31. The fraction of sp³-hybridized carbons (Fsp3) is 0.700. The molecule has 1 saturated heterocycles. The summed E-state index contributed by atoms with van der Waals surface area (Å²) in [6.45, 7) is 3.74. The van der Waals surface area contributed by atoms with Gasteiger partial charge in [-0.05, 0) is 33.6 Å². The van der Waals surface area contributed by atoms with Gasteiger partial charge in [0.05, 0.1) is 24.7 Å². The van der Waals surface area contributed by atoms with Gasteiger partial charge in [0.25, 0.3) is 0 Å². The number of carbonyl (C=O) groups excluding carboxylic acids is 4. The van der Waals surface area contributed by atoms with Crippen LogP contribution in [0, 0.1) is 0 Å². The Morgan fingerprint density at radius 3 is 1.94 bits per heavy atom. The first-order valence-corrected chi connectivity index (χ1v) is 10.9. The van der Waals surface area contributed by atoms with Crippen molar-refractivity contribution < 1.29 is 49.2 Å². The summed E-state index contributed by atoms with van der Waals surface area (Å²) in [4.78, 5) is 73.4.